The molecular formula is C10H22N4. The van der Waals surface area contributed by atoms with Gasteiger partial charge in [-0.25, -0.2) is 4.99 Å². The van der Waals surface area contributed by atoms with E-state index >= 15 is 0 Å². The molecule has 0 fully saturated rings. The third-order valence-corrected chi connectivity index (χ3v) is 1.69. The fourth-order valence-corrected chi connectivity index (χ4v) is 0.848. The third kappa shape index (κ3) is 9.19. The molecule has 0 unspecified atom stereocenters. The molecule has 0 aliphatic carbocycles. The Morgan fingerprint density at radius 2 is 2.07 bits per heavy atom. The summed E-state index contributed by atoms with van der Waals surface area (Å²) in [6, 6.07) is 0. The molecule has 0 saturated carbocycles. The first kappa shape index (κ1) is 13.1. The normalized spacial score (nSPS) is 13.0. The molecule has 0 aromatic rings. The van der Waals surface area contributed by atoms with Crippen molar-refractivity contribution in [3.63, 3.8) is 0 Å². The van der Waals surface area contributed by atoms with Gasteiger partial charge in [0.15, 0.2) is 0 Å². The molecule has 0 aliphatic heterocycles. The van der Waals surface area contributed by atoms with Gasteiger partial charge in [-0.15, -0.1) is 0 Å². The van der Waals surface area contributed by atoms with Crippen LogP contribution in [0.4, 0.5) is 0 Å². The van der Waals surface area contributed by atoms with Gasteiger partial charge in [-0.05, 0) is 31.7 Å². The van der Waals surface area contributed by atoms with E-state index in [9.17, 15) is 0 Å². The molecule has 4 heteroatoms. The Labute approximate surface area is 86.5 Å². The lowest BCUT2D eigenvalue weighted by Crippen LogP contribution is -2.10. The summed E-state index contributed by atoms with van der Waals surface area (Å²) >= 11 is 0. The van der Waals surface area contributed by atoms with Gasteiger partial charge in [0.2, 0.25) is 5.96 Å². The van der Waals surface area contributed by atoms with Crippen molar-refractivity contribution in [3.8, 4) is 0 Å². The summed E-state index contributed by atoms with van der Waals surface area (Å²) in [4.78, 5) is 8.13. The molecule has 82 valence electrons. The fourth-order valence-electron chi connectivity index (χ4n) is 0.848. The summed E-state index contributed by atoms with van der Waals surface area (Å²) in [5.74, 6) is 0.992. The number of guanidine groups is 1. The molecule has 0 heterocycles. The first-order chi connectivity index (χ1) is 6.66. The lowest BCUT2D eigenvalue weighted by atomic mass is 10.2. The number of rotatable bonds is 6. The highest BCUT2D eigenvalue weighted by Gasteiger charge is 1.90. The van der Waals surface area contributed by atoms with Gasteiger partial charge < -0.3 is 11.5 Å². The van der Waals surface area contributed by atoms with Crippen LogP contribution in [0, 0.1) is 5.92 Å². The van der Waals surface area contributed by atoms with Crippen LogP contribution in [0.3, 0.4) is 0 Å². The average Bonchev–Trinajstić information content (AvgIpc) is 2.12. The molecule has 0 aliphatic rings. The number of aliphatic imine (C=N–C) groups is 2. The van der Waals surface area contributed by atoms with Crippen molar-refractivity contribution in [2.45, 2.75) is 33.1 Å². The molecular weight excluding hydrogens is 176 g/mol. The maximum Gasteiger partial charge on any atom is 0.214 e. The molecule has 4 N–H and O–H groups in total. The highest BCUT2D eigenvalue weighted by Crippen LogP contribution is 1.95. The van der Waals surface area contributed by atoms with Crippen molar-refractivity contribution >= 4 is 12.2 Å². The monoisotopic (exact) mass is 198 g/mol. The Morgan fingerprint density at radius 3 is 2.64 bits per heavy atom. The topological polar surface area (TPSA) is 76.8 Å². The van der Waals surface area contributed by atoms with Gasteiger partial charge in [0, 0.05) is 12.8 Å². The van der Waals surface area contributed by atoms with Crippen molar-refractivity contribution in [2.75, 3.05) is 13.1 Å². The van der Waals surface area contributed by atoms with Crippen molar-refractivity contribution in [3.05, 3.63) is 0 Å². The number of hydrogen-bond acceptors (Lipinski definition) is 2. The lowest BCUT2D eigenvalue weighted by molar-refractivity contribution is 0.691. The number of unbranched alkanes of at least 4 members (excludes halogenated alkanes) is 1. The molecule has 0 atom stereocenters. The Bertz CT molecular complexity index is 185. The van der Waals surface area contributed by atoms with E-state index in [-0.39, 0.29) is 0 Å². The Balaban J connectivity index is 3.60. The quantitative estimate of drug-likeness (QED) is 0.381. The molecule has 0 saturated heterocycles. The first-order valence-corrected chi connectivity index (χ1v) is 5.19. The first-order valence-electron chi connectivity index (χ1n) is 5.19. The van der Waals surface area contributed by atoms with Crippen LogP contribution in [0.5, 0.6) is 0 Å². The van der Waals surface area contributed by atoms with Crippen LogP contribution < -0.4 is 11.5 Å². The molecule has 0 radical (unpaired) electrons. The smallest absolute Gasteiger partial charge is 0.214 e. The van der Waals surface area contributed by atoms with Crippen LogP contribution in [-0.4, -0.2) is 25.3 Å². The van der Waals surface area contributed by atoms with Crippen molar-refractivity contribution in [1.82, 2.24) is 0 Å². The Hall–Kier alpha value is -0.900. The van der Waals surface area contributed by atoms with E-state index in [4.69, 9.17) is 11.5 Å². The van der Waals surface area contributed by atoms with E-state index in [0.29, 0.717) is 18.4 Å². The van der Waals surface area contributed by atoms with Gasteiger partial charge in [0.05, 0.1) is 0 Å². The van der Waals surface area contributed by atoms with E-state index in [1.165, 1.54) is 0 Å². The third-order valence-electron chi connectivity index (χ3n) is 1.69. The second-order valence-corrected chi connectivity index (χ2v) is 3.68. The van der Waals surface area contributed by atoms with Crippen LogP contribution in [0.25, 0.3) is 0 Å². The van der Waals surface area contributed by atoms with Gasteiger partial charge in [-0.1, -0.05) is 13.8 Å². The minimum atomic E-state index is 0.377. The summed E-state index contributed by atoms with van der Waals surface area (Å²) < 4.78 is 0. The Kier molecular flexibility index (Phi) is 8.13. The van der Waals surface area contributed by atoms with Crippen molar-refractivity contribution < 1.29 is 0 Å². The highest BCUT2D eigenvalue weighted by molar-refractivity contribution is 5.86. The standard InChI is InChI=1S/C10H22N4/c1-9(2)5-8-14-10(12)13-7-4-3-6-11/h8-9H,3-7,11H2,1-2H3,(H2,12,13). The number of hydrogen-bond donors (Lipinski definition) is 2. The Morgan fingerprint density at radius 1 is 1.36 bits per heavy atom. The maximum absolute atomic E-state index is 5.56. The zero-order chi connectivity index (χ0) is 10.8. The average molecular weight is 198 g/mol. The molecule has 14 heavy (non-hydrogen) atoms. The summed E-state index contributed by atoms with van der Waals surface area (Å²) in [6.45, 7) is 5.72. The van der Waals surface area contributed by atoms with E-state index in [2.05, 4.69) is 23.8 Å². The van der Waals surface area contributed by atoms with Crippen LogP contribution in [0.15, 0.2) is 9.98 Å². The van der Waals surface area contributed by atoms with Gasteiger partial charge in [-0.3, -0.25) is 4.99 Å². The zero-order valence-electron chi connectivity index (χ0n) is 9.24. The van der Waals surface area contributed by atoms with Gasteiger partial charge >= 0.3 is 0 Å². The largest absolute Gasteiger partial charge is 0.368 e. The molecule has 0 rings (SSSR count). The van der Waals surface area contributed by atoms with E-state index in [0.717, 1.165) is 25.8 Å². The molecule has 0 aromatic heterocycles. The summed E-state index contributed by atoms with van der Waals surface area (Å²) in [6.07, 6.45) is 4.74. The summed E-state index contributed by atoms with van der Waals surface area (Å²) in [5, 5.41) is 0. The van der Waals surface area contributed by atoms with Gasteiger partial charge in [0.25, 0.3) is 0 Å². The molecule has 0 aromatic carbocycles. The molecule has 0 amide bonds. The van der Waals surface area contributed by atoms with E-state index in [1.54, 1.807) is 0 Å². The second kappa shape index (κ2) is 8.69. The SMILES string of the molecule is CC(C)CC=NC(N)=NCCCCN. The number of nitrogens with two attached hydrogens (primary N) is 2. The summed E-state index contributed by atoms with van der Waals surface area (Å²) in [7, 11) is 0. The van der Waals surface area contributed by atoms with Crippen LogP contribution in [-0.2, 0) is 0 Å². The summed E-state index contributed by atoms with van der Waals surface area (Å²) in [5.41, 5.74) is 10.9. The second-order valence-electron chi connectivity index (χ2n) is 3.68. The zero-order valence-corrected chi connectivity index (χ0v) is 9.24. The minimum absolute atomic E-state index is 0.377. The van der Waals surface area contributed by atoms with E-state index < -0.39 is 0 Å². The molecule has 0 bridgehead atoms. The maximum atomic E-state index is 5.56. The predicted molar refractivity (Wildman–Crippen MR) is 62.7 cm³/mol. The number of nitrogens with zero attached hydrogens (tertiary/aromatic N) is 2. The fraction of sp³-hybridized carbons (Fsp3) is 0.800. The van der Waals surface area contributed by atoms with E-state index in [1.807, 2.05) is 6.21 Å². The minimum Gasteiger partial charge on any atom is -0.368 e. The van der Waals surface area contributed by atoms with Gasteiger partial charge in [0.1, 0.15) is 0 Å². The van der Waals surface area contributed by atoms with Crippen molar-refractivity contribution in [1.29, 1.82) is 0 Å². The molecule has 4 nitrogen and oxygen atoms in total. The lowest BCUT2D eigenvalue weighted by Gasteiger charge is -1.97. The van der Waals surface area contributed by atoms with Crippen LogP contribution >= 0.6 is 0 Å². The predicted octanol–water partition coefficient (Wildman–Crippen LogP) is 1.16. The van der Waals surface area contributed by atoms with Crippen LogP contribution in [0.2, 0.25) is 0 Å². The van der Waals surface area contributed by atoms with Crippen LogP contribution in [0.1, 0.15) is 33.1 Å². The molecule has 0 spiro atoms. The highest BCUT2D eigenvalue weighted by atomic mass is 15.0. The van der Waals surface area contributed by atoms with Crippen molar-refractivity contribution in [2.24, 2.45) is 27.4 Å². The van der Waals surface area contributed by atoms with Gasteiger partial charge in [-0.2, -0.15) is 0 Å².